The Labute approximate surface area is 98.6 Å². The van der Waals surface area contributed by atoms with Crippen LogP contribution >= 0.6 is 0 Å². The van der Waals surface area contributed by atoms with Crippen LogP contribution < -0.4 is 11.1 Å². The van der Waals surface area contributed by atoms with Crippen LogP contribution in [0.15, 0.2) is 0 Å². The highest BCUT2D eigenvalue weighted by Crippen LogP contribution is 2.22. The van der Waals surface area contributed by atoms with Gasteiger partial charge in [-0.2, -0.15) is 0 Å². The van der Waals surface area contributed by atoms with Gasteiger partial charge >= 0.3 is 0 Å². The van der Waals surface area contributed by atoms with Gasteiger partial charge in [0.25, 0.3) is 0 Å². The normalized spacial score (nSPS) is 17.7. The third-order valence-electron chi connectivity index (χ3n) is 3.23. The second kappa shape index (κ2) is 7.63. The first-order chi connectivity index (χ1) is 7.77. The molecule has 0 aliphatic heterocycles. The number of carbonyl (C=O) groups is 1. The quantitative estimate of drug-likeness (QED) is 0.703. The van der Waals surface area contributed by atoms with E-state index in [-0.39, 0.29) is 5.91 Å². The van der Waals surface area contributed by atoms with E-state index in [1.165, 1.54) is 32.1 Å². The van der Waals surface area contributed by atoms with Crippen molar-refractivity contribution < 1.29 is 4.79 Å². The van der Waals surface area contributed by atoms with E-state index >= 15 is 0 Å². The number of amides is 1. The Kier molecular flexibility index (Phi) is 6.42. The van der Waals surface area contributed by atoms with E-state index < -0.39 is 0 Å². The second-order valence-corrected chi connectivity index (χ2v) is 4.50. The first kappa shape index (κ1) is 13.5. The van der Waals surface area contributed by atoms with E-state index in [2.05, 4.69) is 10.2 Å². The predicted octanol–water partition coefficient (Wildman–Crippen LogP) is 0.716. The first-order valence-electron chi connectivity index (χ1n) is 6.48. The molecule has 1 rings (SSSR count). The molecule has 4 heteroatoms. The third kappa shape index (κ3) is 4.49. The van der Waals surface area contributed by atoms with E-state index in [0.29, 0.717) is 25.7 Å². The van der Waals surface area contributed by atoms with E-state index in [1.54, 1.807) is 0 Å². The van der Waals surface area contributed by atoms with Crippen molar-refractivity contribution in [3.63, 3.8) is 0 Å². The summed E-state index contributed by atoms with van der Waals surface area (Å²) in [6.45, 7) is 4.64. The molecular weight excluding hydrogens is 202 g/mol. The van der Waals surface area contributed by atoms with Crippen molar-refractivity contribution in [3.8, 4) is 0 Å². The lowest BCUT2D eigenvalue weighted by Crippen LogP contribution is -2.45. The fourth-order valence-electron chi connectivity index (χ4n) is 2.44. The number of carbonyl (C=O) groups excluding carboxylic acids is 1. The van der Waals surface area contributed by atoms with Gasteiger partial charge in [-0.3, -0.25) is 9.69 Å². The first-order valence-corrected chi connectivity index (χ1v) is 6.48. The van der Waals surface area contributed by atoms with Crippen molar-refractivity contribution in [2.75, 3.05) is 26.2 Å². The van der Waals surface area contributed by atoms with Gasteiger partial charge in [0.15, 0.2) is 0 Å². The van der Waals surface area contributed by atoms with Crippen molar-refractivity contribution in [3.05, 3.63) is 0 Å². The summed E-state index contributed by atoms with van der Waals surface area (Å²) in [5.74, 6) is 0.126. The Balaban J connectivity index is 2.41. The summed E-state index contributed by atoms with van der Waals surface area (Å²) in [5, 5.41) is 2.85. The molecule has 0 aromatic rings. The number of hydrogen-bond acceptors (Lipinski definition) is 3. The zero-order valence-electron chi connectivity index (χ0n) is 10.4. The Morgan fingerprint density at radius 3 is 2.62 bits per heavy atom. The van der Waals surface area contributed by atoms with Crippen molar-refractivity contribution in [1.82, 2.24) is 10.2 Å². The largest absolute Gasteiger partial charge is 0.355 e. The lowest BCUT2D eigenvalue weighted by Gasteiger charge is -2.33. The average Bonchev–Trinajstić information content (AvgIpc) is 2.30. The van der Waals surface area contributed by atoms with Crippen molar-refractivity contribution >= 4 is 5.91 Å². The summed E-state index contributed by atoms with van der Waals surface area (Å²) in [6, 6.07) is 0.569. The maximum atomic E-state index is 11.6. The molecule has 16 heavy (non-hydrogen) atoms. The molecule has 0 spiro atoms. The van der Waals surface area contributed by atoms with Gasteiger partial charge in [-0.25, -0.2) is 0 Å². The van der Waals surface area contributed by atoms with Crippen LogP contribution in [-0.2, 0) is 4.79 Å². The molecule has 4 nitrogen and oxygen atoms in total. The summed E-state index contributed by atoms with van der Waals surface area (Å²) in [4.78, 5) is 13.8. The molecule has 1 aliphatic rings. The van der Waals surface area contributed by atoms with Gasteiger partial charge in [-0.05, 0) is 19.8 Å². The van der Waals surface area contributed by atoms with Gasteiger partial charge in [-0.15, -0.1) is 0 Å². The van der Waals surface area contributed by atoms with E-state index in [0.717, 1.165) is 6.54 Å². The van der Waals surface area contributed by atoms with Gasteiger partial charge in [-0.1, -0.05) is 19.3 Å². The third-order valence-corrected chi connectivity index (χ3v) is 3.23. The van der Waals surface area contributed by atoms with Crippen LogP contribution in [0.3, 0.4) is 0 Å². The molecule has 0 aromatic heterocycles. The molecule has 1 saturated carbocycles. The Morgan fingerprint density at radius 1 is 1.38 bits per heavy atom. The molecular formula is C12H25N3O. The molecule has 1 amide bonds. The van der Waals surface area contributed by atoms with E-state index in [4.69, 9.17) is 5.73 Å². The fourth-order valence-corrected chi connectivity index (χ4v) is 2.44. The minimum absolute atomic E-state index is 0.126. The number of nitrogens with two attached hydrogens (primary N) is 1. The highest BCUT2D eigenvalue weighted by Gasteiger charge is 2.22. The fraction of sp³-hybridized carbons (Fsp3) is 0.917. The Bertz CT molecular complexity index is 202. The Morgan fingerprint density at radius 2 is 2.06 bits per heavy atom. The topological polar surface area (TPSA) is 58.4 Å². The molecule has 0 heterocycles. The van der Waals surface area contributed by atoms with Gasteiger partial charge in [0.05, 0.1) is 6.54 Å². The van der Waals surface area contributed by atoms with Crippen LogP contribution in [0.5, 0.6) is 0 Å². The molecule has 1 fully saturated rings. The molecule has 0 aromatic carbocycles. The van der Waals surface area contributed by atoms with Gasteiger partial charge in [0.2, 0.25) is 5.91 Å². The lowest BCUT2D eigenvalue weighted by molar-refractivity contribution is -0.122. The molecule has 0 saturated heterocycles. The maximum Gasteiger partial charge on any atom is 0.234 e. The van der Waals surface area contributed by atoms with E-state index in [1.807, 2.05) is 6.92 Å². The minimum atomic E-state index is 0.126. The van der Waals surface area contributed by atoms with Crippen LogP contribution in [0, 0.1) is 0 Å². The number of likely N-dealkylation sites (N-methyl/N-ethyl adjacent to an activating group) is 1. The summed E-state index contributed by atoms with van der Waals surface area (Å²) < 4.78 is 0. The Hall–Kier alpha value is -0.610. The van der Waals surface area contributed by atoms with Crippen LogP contribution in [0.25, 0.3) is 0 Å². The zero-order chi connectivity index (χ0) is 11.8. The number of nitrogens with zero attached hydrogens (tertiary/aromatic N) is 1. The standard InChI is InChI=1S/C12H25N3O/c1-2-14-12(16)10-15(9-8-13)11-6-4-3-5-7-11/h11H,2-10,13H2,1H3,(H,14,16). The van der Waals surface area contributed by atoms with Crippen molar-refractivity contribution in [1.29, 1.82) is 0 Å². The molecule has 0 radical (unpaired) electrons. The molecule has 1 aliphatic carbocycles. The van der Waals surface area contributed by atoms with E-state index in [9.17, 15) is 4.79 Å². The molecule has 0 unspecified atom stereocenters. The maximum absolute atomic E-state index is 11.6. The van der Waals surface area contributed by atoms with Gasteiger partial charge < -0.3 is 11.1 Å². The lowest BCUT2D eigenvalue weighted by atomic mass is 9.94. The summed E-state index contributed by atoms with van der Waals surface area (Å²) in [5.41, 5.74) is 5.61. The molecule has 3 N–H and O–H groups in total. The smallest absolute Gasteiger partial charge is 0.234 e. The molecule has 0 atom stereocenters. The summed E-state index contributed by atoms with van der Waals surface area (Å²) >= 11 is 0. The van der Waals surface area contributed by atoms with Crippen LogP contribution in [0.4, 0.5) is 0 Å². The van der Waals surface area contributed by atoms with Crippen molar-refractivity contribution in [2.24, 2.45) is 5.73 Å². The highest BCUT2D eigenvalue weighted by molar-refractivity contribution is 5.77. The minimum Gasteiger partial charge on any atom is -0.355 e. The molecule has 0 bridgehead atoms. The monoisotopic (exact) mass is 227 g/mol. The second-order valence-electron chi connectivity index (χ2n) is 4.50. The van der Waals surface area contributed by atoms with Crippen LogP contribution in [0.2, 0.25) is 0 Å². The number of rotatable bonds is 6. The number of hydrogen-bond donors (Lipinski definition) is 2. The molecule has 94 valence electrons. The van der Waals surface area contributed by atoms with Crippen LogP contribution in [-0.4, -0.2) is 43.0 Å². The van der Waals surface area contributed by atoms with Gasteiger partial charge in [0.1, 0.15) is 0 Å². The summed E-state index contributed by atoms with van der Waals surface area (Å²) in [6.07, 6.45) is 6.37. The highest BCUT2D eigenvalue weighted by atomic mass is 16.2. The average molecular weight is 227 g/mol. The van der Waals surface area contributed by atoms with Crippen molar-refractivity contribution in [2.45, 2.75) is 45.1 Å². The predicted molar refractivity (Wildman–Crippen MR) is 66.2 cm³/mol. The number of nitrogens with one attached hydrogen (secondary N) is 1. The van der Waals surface area contributed by atoms with Crippen LogP contribution in [0.1, 0.15) is 39.0 Å². The SMILES string of the molecule is CCNC(=O)CN(CCN)C1CCCCC1. The van der Waals surface area contributed by atoms with Gasteiger partial charge in [0, 0.05) is 25.7 Å². The zero-order valence-corrected chi connectivity index (χ0v) is 10.4. The summed E-state index contributed by atoms with van der Waals surface area (Å²) in [7, 11) is 0.